The zero-order valence-corrected chi connectivity index (χ0v) is 24.8. The quantitative estimate of drug-likeness (QED) is 0.151. The van der Waals surface area contributed by atoms with Gasteiger partial charge in [-0.05, 0) is 67.0 Å². The summed E-state index contributed by atoms with van der Waals surface area (Å²) in [7, 11) is 1.95. The molecule has 1 aliphatic rings. The maximum absolute atomic E-state index is 10.8. The lowest BCUT2D eigenvalue weighted by Crippen LogP contribution is -2.33. The van der Waals surface area contributed by atoms with Crippen LogP contribution in [0, 0.1) is 5.92 Å². The van der Waals surface area contributed by atoms with E-state index >= 15 is 0 Å². The molecule has 9 heteroatoms. The summed E-state index contributed by atoms with van der Waals surface area (Å²) in [6, 6.07) is 30.6. The van der Waals surface area contributed by atoms with Crippen LogP contribution in [-0.4, -0.2) is 38.6 Å². The van der Waals surface area contributed by atoms with E-state index in [4.69, 9.17) is 24.7 Å². The molecule has 1 saturated carbocycles. The van der Waals surface area contributed by atoms with E-state index < -0.39 is 6.09 Å². The molecule has 44 heavy (non-hydrogen) atoms. The number of carbonyl (C=O) groups is 1. The summed E-state index contributed by atoms with van der Waals surface area (Å²) in [6.45, 7) is 1.31. The molecule has 3 aromatic carbocycles. The van der Waals surface area contributed by atoms with Crippen LogP contribution in [0.2, 0.25) is 0 Å². The van der Waals surface area contributed by atoms with Crippen LogP contribution in [0.1, 0.15) is 36.8 Å². The topological polar surface area (TPSA) is 111 Å². The van der Waals surface area contributed by atoms with Crippen molar-refractivity contribution in [2.24, 2.45) is 13.0 Å². The number of aryl methyl sites for hydroxylation is 1. The highest BCUT2D eigenvalue weighted by Gasteiger charge is 2.22. The molecule has 1 aliphatic carbocycles. The first kappa shape index (κ1) is 29.0. The van der Waals surface area contributed by atoms with E-state index in [0.29, 0.717) is 43.5 Å². The molecule has 0 saturated heterocycles. The number of hydrogen-bond donors (Lipinski definition) is 3. The number of ether oxygens (including phenoxy) is 2. The molecule has 9 nitrogen and oxygen atoms in total. The van der Waals surface area contributed by atoms with Crippen molar-refractivity contribution >= 4 is 22.7 Å². The van der Waals surface area contributed by atoms with Crippen molar-refractivity contribution in [1.29, 1.82) is 0 Å². The lowest BCUT2D eigenvalue weighted by molar-refractivity contribution is 0.190. The van der Waals surface area contributed by atoms with Crippen molar-refractivity contribution in [3.05, 3.63) is 102 Å². The monoisotopic (exact) mass is 591 g/mol. The first-order valence-corrected chi connectivity index (χ1v) is 15.1. The van der Waals surface area contributed by atoms with Gasteiger partial charge in [0.05, 0.1) is 11.1 Å². The maximum Gasteiger partial charge on any atom is 0.404 e. The fraction of sp³-hybridized carbons (Fsp3) is 0.286. The van der Waals surface area contributed by atoms with E-state index in [9.17, 15) is 4.79 Å². The van der Waals surface area contributed by atoms with Crippen molar-refractivity contribution in [2.75, 3.05) is 11.9 Å². The van der Waals surface area contributed by atoms with Crippen LogP contribution >= 0.6 is 0 Å². The van der Waals surface area contributed by atoms with E-state index in [1.54, 1.807) is 0 Å². The van der Waals surface area contributed by atoms with E-state index in [2.05, 4.69) is 28.8 Å². The van der Waals surface area contributed by atoms with Crippen LogP contribution < -0.4 is 20.1 Å². The molecule has 226 valence electrons. The predicted octanol–water partition coefficient (Wildman–Crippen LogP) is 7.03. The Bertz CT molecular complexity index is 1700. The maximum atomic E-state index is 10.8. The average Bonchev–Trinajstić information content (AvgIpc) is 3.38. The highest BCUT2D eigenvalue weighted by molar-refractivity contribution is 5.96. The van der Waals surface area contributed by atoms with Gasteiger partial charge in [0.25, 0.3) is 0 Å². The summed E-state index contributed by atoms with van der Waals surface area (Å²) < 4.78 is 14.2. The second-order valence-electron chi connectivity index (χ2n) is 11.3. The second-order valence-corrected chi connectivity index (χ2v) is 11.3. The Hall–Kier alpha value is -5.05. The fourth-order valence-corrected chi connectivity index (χ4v) is 5.78. The minimum absolute atomic E-state index is 0.354. The first-order valence-electron chi connectivity index (χ1n) is 15.1. The van der Waals surface area contributed by atoms with Crippen molar-refractivity contribution in [3.8, 4) is 23.0 Å². The molecule has 0 bridgehead atoms. The van der Waals surface area contributed by atoms with Crippen LogP contribution in [-0.2, 0) is 20.3 Å². The summed E-state index contributed by atoms with van der Waals surface area (Å²) in [4.78, 5) is 15.6. The predicted molar refractivity (Wildman–Crippen MR) is 171 cm³/mol. The summed E-state index contributed by atoms with van der Waals surface area (Å²) in [5.74, 6) is 1.35. The van der Waals surface area contributed by atoms with Crippen LogP contribution in [0.25, 0.3) is 22.2 Å². The largest absolute Gasteiger partial charge is 0.473 e. The average molecular weight is 592 g/mol. The molecule has 0 atom stereocenters. The summed E-state index contributed by atoms with van der Waals surface area (Å²) in [5, 5.41) is 21.0. The van der Waals surface area contributed by atoms with Crippen molar-refractivity contribution < 1.29 is 19.4 Å². The molecule has 6 rings (SSSR count). The number of hydrogen-bond acceptors (Lipinski definition) is 6. The molecular formula is C35H37N5O4. The molecule has 5 aromatic rings. The van der Waals surface area contributed by atoms with Crippen molar-refractivity contribution in [1.82, 2.24) is 20.1 Å². The van der Waals surface area contributed by atoms with Gasteiger partial charge in [0, 0.05) is 36.8 Å². The Balaban J connectivity index is 1.22. The van der Waals surface area contributed by atoms with E-state index in [-0.39, 0.29) is 0 Å². The Morgan fingerprint density at radius 2 is 1.57 bits per heavy atom. The van der Waals surface area contributed by atoms with Gasteiger partial charge < -0.3 is 25.2 Å². The Labute approximate surface area is 256 Å². The summed E-state index contributed by atoms with van der Waals surface area (Å²) in [5.41, 5.74) is 5.75. The number of carboxylic acid groups (broad SMARTS) is 1. The van der Waals surface area contributed by atoms with Gasteiger partial charge in [-0.2, -0.15) is 10.1 Å². The lowest BCUT2D eigenvalue weighted by Gasteiger charge is -2.29. The molecule has 0 spiro atoms. The Kier molecular flexibility index (Phi) is 8.91. The third kappa shape index (κ3) is 7.11. The molecule has 1 fully saturated rings. The molecule has 0 radical (unpaired) electrons. The number of nitrogens with zero attached hydrogens (tertiary/aromatic N) is 3. The first-order chi connectivity index (χ1) is 21.5. The van der Waals surface area contributed by atoms with Crippen LogP contribution in [0.4, 0.5) is 10.5 Å². The van der Waals surface area contributed by atoms with Gasteiger partial charge in [-0.15, -0.1) is 0 Å². The third-order valence-corrected chi connectivity index (χ3v) is 8.15. The van der Waals surface area contributed by atoms with Gasteiger partial charge in [-0.1, -0.05) is 60.7 Å². The number of anilines is 1. The molecular weight excluding hydrogens is 554 g/mol. The SMILES string of the molecule is Cn1nc(-c2ccc(OCc3ccccc3)nc2OCc2ccccc2)c2ccc(N[C@H]3CC[C@H](CNC(=O)O)CC3)cc21. The second kappa shape index (κ2) is 13.5. The fourth-order valence-electron chi connectivity index (χ4n) is 5.78. The number of fused-ring (bicyclic) bond motifs is 1. The van der Waals surface area contributed by atoms with E-state index in [1.807, 2.05) is 84.5 Å². The number of amides is 1. The minimum Gasteiger partial charge on any atom is -0.473 e. The van der Waals surface area contributed by atoms with Crippen molar-refractivity contribution in [2.45, 2.75) is 44.9 Å². The zero-order chi connectivity index (χ0) is 30.3. The van der Waals surface area contributed by atoms with Gasteiger partial charge in [-0.3, -0.25) is 4.68 Å². The Morgan fingerprint density at radius 1 is 0.886 bits per heavy atom. The van der Waals surface area contributed by atoms with Gasteiger partial charge in [0.1, 0.15) is 18.9 Å². The highest BCUT2D eigenvalue weighted by Crippen LogP contribution is 2.36. The van der Waals surface area contributed by atoms with Gasteiger partial charge in [0.15, 0.2) is 0 Å². The number of aromatic nitrogens is 3. The normalized spacial score (nSPS) is 16.4. The van der Waals surface area contributed by atoms with E-state index in [1.165, 1.54) is 0 Å². The van der Waals surface area contributed by atoms with Crippen LogP contribution in [0.3, 0.4) is 0 Å². The van der Waals surface area contributed by atoms with Crippen LogP contribution in [0.15, 0.2) is 91.0 Å². The smallest absolute Gasteiger partial charge is 0.404 e. The van der Waals surface area contributed by atoms with Gasteiger partial charge in [0.2, 0.25) is 11.8 Å². The number of benzene rings is 3. The molecule has 0 aliphatic heterocycles. The third-order valence-electron chi connectivity index (χ3n) is 8.15. The standard InChI is InChI=1S/C35H37N5O4/c1-40-31-20-28(37-27-14-12-24(13-15-27)21-36-35(41)42)16-17-29(31)33(39-40)30-18-19-32(43-22-25-8-4-2-5-9-25)38-34(30)44-23-26-10-6-3-7-11-26/h2-11,16-20,24,27,36-37H,12-15,21-23H2,1H3,(H,41,42)/t24-,27-. The van der Waals surface area contributed by atoms with E-state index in [0.717, 1.165) is 64.7 Å². The molecule has 3 N–H and O–H groups in total. The summed E-state index contributed by atoms with van der Waals surface area (Å²) >= 11 is 0. The van der Waals surface area contributed by atoms with Gasteiger partial charge in [-0.25, -0.2) is 4.79 Å². The highest BCUT2D eigenvalue weighted by atomic mass is 16.5. The van der Waals surface area contributed by atoms with Crippen molar-refractivity contribution in [3.63, 3.8) is 0 Å². The van der Waals surface area contributed by atoms with Crippen LogP contribution in [0.5, 0.6) is 11.8 Å². The minimum atomic E-state index is -0.952. The molecule has 2 heterocycles. The number of pyridine rings is 1. The Morgan fingerprint density at radius 3 is 2.25 bits per heavy atom. The zero-order valence-electron chi connectivity index (χ0n) is 24.8. The summed E-state index contributed by atoms with van der Waals surface area (Å²) in [6.07, 6.45) is 3.06. The molecule has 1 amide bonds. The number of rotatable bonds is 11. The number of nitrogens with one attached hydrogen (secondary N) is 2. The molecule has 0 unspecified atom stereocenters. The lowest BCUT2D eigenvalue weighted by atomic mass is 9.86. The molecule has 2 aromatic heterocycles. The van der Waals surface area contributed by atoms with Gasteiger partial charge >= 0.3 is 6.09 Å².